The summed E-state index contributed by atoms with van der Waals surface area (Å²) in [6, 6.07) is 5.89. The van der Waals surface area contributed by atoms with Crippen molar-refractivity contribution in [1.82, 2.24) is 10.3 Å². The highest BCUT2D eigenvalue weighted by Crippen LogP contribution is 2.22. The van der Waals surface area contributed by atoms with Crippen molar-refractivity contribution in [2.24, 2.45) is 5.92 Å². The molecular formula is C14H19N3. The Bertz CT molecular complexity index is 389. The van der Waals surface area contributed by atoms with Crippen molar-refractivity contribution in [3.63, 3.8) is 0 Å². The molecule has 1 aromatic rings. The summed E-state index contributed by atoms with van der Waals surface area (Å²) in [6.07, 6.45) is 8.63. The SMILES string of the molecule is N#Cc1cc(CNCC2CCCCC2)ccn1. The second-order valence-electron chi connectivity index (χ2n) is 4.80. The molecule has 1 saturated carbocycles. The summed E-state index contributed by atoms with van der Waals surface area (Å²) >= 11 is 0. The summed E-state index contributed by atoms with van der Waals surface area (Å²) < 4.78 is 0. The second kappa shape index (κ2) is 6.36. The summed E-state index contributed by atoms with van der Waals surface area (Å²) in [5.41, 5.74) is 1.65. The van der Waals surface area contributed by atoms with Crippen LogP contribution in [0.1, 0.15) is 43.4 Å². The average molecular weight is 229 g/mol. The lowest BCUT2D eigenvalue weighted by Crippen LogP contribution is -2.24. The van der Waals surface area contributed by atoms with Gasteiger partial charge in [0.2, 0.25) is 0 Å². The topological polar surface area (TPSA) is 48.7 Å². The number of nitrogens with zero attached hydrogens (tertiary/aromatic N) is 2. The molecule has 1 aliphatic carbocycles. The van der Waals surface area contributed by atoms with Gasteiger partial charge in [-0.25, -0.2) is 4.98 Å². The maximum atomic E-state index is 8.76. The number of nitrogens with one attached hydrogen (secondary N) is 1. The molecule has 0 atom stereocenters. The predicted octanol–water partition coefficient (Wildman–Crippen LogP) is 2.62. The van der Waals surface area contributed by atoms with E-state index >= 15 is 0 Å². The fourth-order valence-corrected chi connectivity index (χ4v) is 2.46. The normalized spacial score (nSPS) is 16.6. The first-order valence-corrected chi connectivity index (χ1v) is 6.44. The Labute approximate surface area is 103 Å². The van der Waals surface area contributed by atoms with Crippen LogP contribution in [0.15, 0.2) is 18.3 Å². The molecule has 2 rings (SSSR count). The third-order valence-corrected chi connectivity index (χ3v) is 3.43. The van der Waals surface area contributed by atoms with E-state index in [1.165, 1.54) is 32.1 Å². The van der Waals surface area contributed by atoms with Crippen molar-refractivity contribution in [3.05, 3.63) is 29.6 Å². The van der Waals surface area contributed by atoms with Gasteiger partial charge in [0.1, 0.15) is 11.8 Å². The minimum Gasteiger partial charge on any atom is -0.312 e. The highest BCUT2D eigenvalue weighted by molar-refractivity contribution is 5.25. The first kappa shape index (κ1) is 12.1. The highest BCUT2D eigenvalue weighted by atomic mass is 14.9. The smallest absolute Gasteiger partial charge is 0.140 e. The van der Waals surface area contributed by atoms with Crippen LogP contribution >= 0.6 is 0 Å². The molecule has 0 aromatic carbocycles. The number of aromatic nitrogens is 1. The Hall–Kier alpha value is -1.40. The third-order valence-electron chi connectivity index (χ3n) is 3.43. The molecule has 0 amide bonds. The Morgan fingerprint density at radius 1 is 1.35 bits per heavy atom. The van der Waals surface area contributed by atoms with Gasteiger partial charge in [-0.15, -0.1) is 0 Å². The van der Waals surface area contributed by atoms with Crippen LogP contribution in [0.5, 0.6) is 0 Å². The fourth-order valence-electron chi connectivity index (χ4n) is 2.46. The maximum Gasteiger partial charge on any atom is 0.140 e. The number of hydrogen-bond donors (Lipinski definition) is 1. The first-order chi connectivity index (χ1) is 8.38. The molecule has 1 aromatic heterocycles. The molecule has 3 nitrogen and oxygen atoms in total. The van der Waals surface area contributed by atoms with Crippen LogP contribution in [0.25, 0.3) is 0 Å². The largest absolute Gasteiger partial charge is 0.312 e. The lowest BCUT2D eigenvalue weighted by atomic mass is 9.89. The Morgan fingerprint density at radius 2 is 2.18 bits per heavy atom. The van der Waals surface area contributed by atoms with Gasteiger partial charge in [-0.05, 0) is 43.0 Å². The predicted molar refractivity (Wildman–Crippen MR) is 67.2 cm³/mol. The fraction of sp³-hybridized carbons (Fsp3) is 0.571. The van der Waals surface area contributed by atoms with Crippen molar-refractivity contribution in [1.29, 1.82) is 5.26 Å². The van der Waals surface area contributed by atoms with Crippen molar-refractivity contribution in [2.75, 3.05) is 6.54 Å². The molecule has 0 spiro atoms. The van der Waals surface area contributed by atoms with Gasteiger partial charge < -0.3 is 5.32 Å². The molecular weight excluding hydrogens is 210 g/mol. The van der Waals surface area contributed by atoms with Gasteiger partial charge >= 0.3 is 0 Å². The van der Waals surface area contributed by atoms with Crippen LogP contribution < -0.4 is 5.32 Å². The first-order valence-electron chi connectivity index (χ1n) is 6.44. The van der Waals surface area contributed by atoms with E-state index in [2.05, 4.69) is 16.4 Å². The van der Waals surface area contributed by atoms with E-state index in [1.54, 1.807) is 6.20 Å². The lowest BCUT2D eigenvalue weighted by molar-refractivity contribution is 0.342. The van der Waals surface area contributed by atoms with Crippen LogP contribution in [-0.2, 0) is 6.54 Å². The minimum absolute atomic E-state index is 0.502. The number of nitriles is 1. The van der Waals surface area contributed by atoms with E-state index < -0.39 is 0 Å². The monoisotopic (exact) mass is 229 g/mol. The zero-order valence-electron chi connectivity index (χ0n) is 10.2. The van der Waals surface area contributed by atoms with Crippen LogP contribution in [-0.4, -0.2) is 11.5 Å². The standard InChI is InChI=1S/C14H19N3/c15-9-14-8-13(6-7-17-14)11-16-10-12-4-2-1-3-5-12/h6-8,12,16H,1-5,10-11H2. The van der Waals surface area contributed by atoms with Gasteiger partial charge in [0, 0.05) is 12.7 Å². The van der Waals surface area contributed by atoms with Crippen LogP contribution in [0, 0.1) is 17.2 Å². The van der Waals surface area contributed by atoms with Gasteiger partial charge in [-0.2, -0.15) is 5.26 Å². The zero-order valence-corrected chi connectivity index (χ0v) is 10.2. The van der Waals surface area contributed by atoms with Gasteiger partial charge in [-0.1, -0.05) is 19.3 Å². The number of rotatable bonds is 4. The van der Waals surface area contributed by atoms with Crippen molar-refractivity contribution in [2.45, 2.75) is 38.6 Å². The average Bonchev–Trinajstić information content (AvgIpc) is 2.40. The van der Waals surface area contributed by atoms with E-state index in [9.17, 15) is 0 Å². The summed E-state index contributed by atoms with van der Waals surface area (Å²) in [6.45, 7) is 1.94. The highest BCUT2D eigenvalue weighted by Gasteiger charge is 2.12. The molecule has 0 aliphatic heterocycles. The Morgan fingerprint density at radius 3 is 2.94 bits per heavy atom. The van der Waals surface area contributed by atoms with Crippen LogP contribution in [0.4, 0.5) is 0 Å². The van der Waals surface area contributed by atoms with E-state index in [1.807, 2.05) is 12.1 Å². The van der Waals surface area contributed by atoms with Gasteiger partial charge in [-0.3, -0.25) is 0 Å². The molecule has 1 aliphatic rings. The summed E-state index contributed by atoms with van der Waals surface area (Å²) in [7, 11) is 0. The molecule has 1 heterocycles. The van der Waals surface area contributed by atoms with Crippen molar-refractivity contribution in [3.8, 4) is 6.07 Å². The number of hydrogen-bond acceptors (Lipinski definition) is 3. The second-order valence-corrected chi connectivity index (χ2v) is 4.80. The Balaban J connectivity index is 1.75. The summed E-state index contributed by atoms with van der Waals surface area (Å²) in [5, 5.41) is 12.2. The molecule has 1 N–H and O–H groups in total. The van der Waals surface area contributed by atoms with Crippen LogP contribution in [0.3, 0.4) is 0 Å². The Kier molecular flexibility index (Phi) is 4.52. The third kappa shape index (κ3) is 3.83. The van der Waals surface area contributed by atoms with Gasteiger partial charge in [0.15, 0.2) is 0 Å². The minimum atomic E-state index is 0.502. The van der Waals surface area contributed by atoms with E-state index in [4.69, 9.17) is 5.26 Å². The summed E-state index contributed by atoms with van der Waals surface area (Å²) in [4.78, 5) is 3.97. The molecule has 0 saturated heterocycles. The van der Waals surface area contributed by atoms with Crippen molar-refractivity contribution >= 4 is 0 Å². The van der Waals surface area contributed by atoms with Crippen LogP contribution in [0.2, 0.25) is 0 Å². The number of pyridine rings is 1. The molecule has 3 heteroatoms. The van der Waals surface area contributed by atoms with Gasteiger partial charge in [0.05, 0.1) is 0 Å². The maximum absolute atomic E-state index is 8.76. The van der Waals surface area contributed by atoms with Crippen molar-refractivity contribution < 1.29 is 0 Å². The molecule has 0 radical (unpaired) electrons. The summed E-state index contributed by atoms with van der Waals surface area (Å²) in [5.74, 6) is 0.848. The molecule has 0 unspecified atom stereocenters. The quantitative estimate of drug-likeness (QED) is 0.863. The van der Waals surface area contributed by atoms with E-state index in [-0.39, 0.29) is 0 Å². The van der Waals surface area contributed by atoms with E-state index in [0.717, 1.165) is 24.6 Å². The molecule has 1 fully saturated rings. The molecule has 0 bridgehead atoms. The lowest BCUT2D eigenvalue weighted by Gasteiger charge is -2.21. The van der Waals surface area contributed by atoms with Gasteiger partial charge in [0.25, 0.3) is 0 Å². The zero-order chi connectivity index (χ0) is 11.9. The molecule has 17 heavy (non-hydrogen) atoms. The van der Waals surface area contributed by atoms with E-state index in [0.29, 0.717) is 5.69 Å². The molecule has 90 valence electrons.